The number of aromatic nitrogens is 3. The van der Waals surface area contributed by atoms with Gasteiger partial charge in [0.2, 0.25) is 0 Å². The molecule has 4 heteroatoms. The fourth-order valence-corrected chi connectivity index (χ4v) is 8.52. The van der Waals surface area contributed by atoms with Gasteiger partial charge in [-0.15, -0.1) is 0 Å². The van der Waals surface area contributed by atoms with Crippen LogP contribution in [0.5, 0.6) is 5.75 Å². The maximum Gasteiger partial charge on any atom is 0.149 e. The first kappa shape index (κ1) is 35.9. The van der Waals surface area contributed by atoms with Crippen LogP contribution in [0.4, 0.5) is 0 Å². The fourth-order valence-electron chi connectivity index (χ4n) is 8.52. The number of imidazole rings is 1. The quantitative estimate of drug-likeness (QED) is 0.166. The first-order chi connectivity index (χ1) is 31.9. The van der Waals surface area contributed by atoms with Gasteiger partial charge in [0.05, 0.1) is 28.0 Å². The zero-order valence-electron chi connectivity index (χ0n) is 38.4. The van der Waals surface area contributed by atoms with Gasteiger partial charge in [-0.2, -0.15) is 0 Å². The van der Waals surface area contributed by atoms with Crippen molar-refractivity contribution in [2.24, 2.45) is 0 Å². The summed E-state index contributed by atoms with van der Waals surface area (Å²) in [7, 11) is 0. The first-order valence-electron chi connectivity index (χ1n) is 22.8. The van der Waals surface area contributed by atoms with E-state index >= 15 is 0 Å². The van der Waals surface area contributed by atoms with Crippen molar-refractivity contribution in [1.29, 1.82) is 0 Å². The van der Waals surface area contributed by atoms with Crippen molar-refractivity contribution in [2.45, 2.75) is 33.0 Å². The third-order valence-corrected chi connectivity index (χ3v) is 11.9. The van der Waals surface area contributed by atoms with Gasteiger partial charge in [-0.1, -0.05) is 166 Å². The van der Waals surface area contributed by atoms with Crippen molar-refractivity contribution >= 4 is 11.0 Å². The Kier molecular flexibility index (Phi) is 9.24. The zero-order chi connectivity index (χ0) is 45.6. The van der Waals surface area contributed by atoms with Gasteiger partial charge in [-0.05, 0) is 122 Å². The lowest BCUT2D eigenvalue weighted by Gasteiger charge is -2.22. The monoisotopic (exact) mass is 816 g/mol. The topological polar surface area (TPSA) is 50.9 Å². The van der Waals surface area contributed by atoms with Crippen LogP contribution in [0.15, 0.2) is 206 Å². The largest absolute Gasteiger partial charge is 0.507 e. The van der Waals surface area contributed by atoms with Crippen LogP contribution in [0.2, 0.25) is 0 Å². The van der Waals surface area contributed by atoms with E-state index in [4.69, 9.17) is 14.1 Å². The number of para-hydroxylation sites is 2. The van der Waals surface area contributed by atoms with Crippen LogP contribution in [0.25, 0.3) is 95.0 Å². The molecule has 0 aliphatic heterocycles. The predicted octanol–water partition coefficient (Wildman–Crippen LogP) is 15.4. The molecule has 63 heavy (non-hydrogen) atoms. The minimum absolute atomic E-state index is 0.0805. The second-order valence-electron chi connectivity index (χ2n) is 17.0. The normalized spacial score (nSPS) is 12.5. The van der Waals surface area contributed by atoms with Gasteiger partial charge in [0, 0.05) is 27.0 Å². The second kappa shape index (κ2) is 16.2. The van der Waals surface area contributed by atoms with E-state index in [1.165, 1.54) is 11.1 Å². The lowest BCUT2D eigenvalue weighted by molar-refractivity contribution is 0.477. The van der Waals surface area contributed by atoms with E-state index in [1.807, 2.05) is 109 Å². The van der Waals surface area contributed by atoms with E-state index in [-0.39, 0.29) is 16.7 Å². The van der Waals surface area contributed by atoms with Crippen LogP contribution in [0, 0.1) is 6.85 Å². The number of benzene rings is 8. The van der Waals surface area contributed by atoms with Gasteiger partial charge in [0.15, 0.2) is 0 Å². The second-order valence-corrected chi connectivity index (χ2v) is 17.0. The Morgan fingerprint density at radius 1 is 0.476 bits per heavy atom. The molecule has 1 N–H and O–H groups in total. The number of nitrogens with zero attached hydrogens (tertiary/aromatic N) is 3. The lowest BCUT2D eigenvalue weighted by atomic mass is 9.83. The van der Waals surface area contributed by atoms with Crippen molar-refractivity contribution in [1.82, 2.24) is 14.5 Å². The average Bonchev–Trinajstić information content (AvgIpc) is 3.73. The third-order valence-electron chi connectivity index (χ3n) is 11.9. The highest BCUT2D eigenvalue weighted by Gasteiger charge is 2.24. The summed E-state index contributed by atoms with van der Waals surface area (Å²) in [4.78, 5) is 10.4. The number of hydrogen-bond donors (Lipinski definition) is 1. The summed E-state index contributed by atoms with van der Waals surface area (Å²) in [5.74, 6) is 0.602. The van der Waals surface area contributed by atoms with Crippen molar-refractivity contribution in [3.63, 3.8) is 0 Å². The number of aryl methyl sites for hydroxylation is 1. The van der Waals surface area contributed by atoms with Gasteiger partial charge < -0.3 is 5.11 Å². The van der Waals surface area contributed by atoms with Crippen molar-refractivity contribution in [2.75, 3.05) is 0 Å². The SMILES string of the molecule is [2H]C([2H])([2H])c1cc(-c2ccccc2)c(-n2c(-c3ccccc3O)nc3c(-c4cc(-c5cc(-c6ccc(-c7ccccc7)cc6)ccn5)cc(C(C)(C)C)c4)cccc32)cc1-c1ccccc1. The molecule has 0 aliphatic rings. The first-order valence-corrected chi connectivity index (χ1v) is 21.3. The summed E-state index contributed by atoms with van der Waals surface area (Å²) in [6.45, 7) is 4.25. The van der Waals surface area contributed by atoms with Gasteiger partial charge in [0.1, 0.15) is 11.6 Å². The maximum atomic E-state index is 11.5. The number of phenolic OH excluding ortho intramolecular Hbond substituents is 1. The van der Waals surface area contributed by atoms with Crippen LogP contribution in [-0.2, 0) is 5.41 Å². The van der Waals surface area contributed by atoms with Crippen molar-refractivity contribution in [3.05, 3.63) is 218 Å². The smallest absolute Gasteiger partial charge is 0.149 e. The molecule has 0 aliphatic carbocycles. The molecule has 10 aromatic rings. The molecule has 0 radical (unpaired) electrons. The van der Waals surface area contributed by atoms with Crippen LogP contribution in [0.1, 0.15) is 36.0 Å². The molecule has 0 saturated carbocycles. The highest BCUT2D eigenvalue weighted by Crippen LogP contribution is 2.43. The zero-order valence-corrected chi connectivity index (χ0v) is 35.4. The predicted molar refractivity (Wildman–Crippen MR) is 262 cm³/mol. The number of aromatic hydroxyl groups is 1. The Bertz CT molecular complexity index is 3370. The minimum atomic E-state index is -2.41. The molecule has 0 spiro atoms. The highest BCUT2D eigenvalue weighted by atomic mass is 16.3. The molecular formula is C59H47N3O. The summed E-state index contributed by atoms with van der Waals surface area (Å²) in [6, 6.07) is 66.7. The Labute approximate surface area is 373 Å². The minimum Gasteiger partial charge on any atom is -0.507 e. The van der Waals surface area contributed by atoms with Crippen LogP contribution in [0.3, 0.4) is 0 Å². The van der Waals surface area contributed by atoms with E-state index in [2.05, 4.69) is 110 Å². The summed E-state index contributed by atoms with van der Waals surface area (Å²) in [5, 5.41) is 11.5. The highest BCUT2D eigenvalue weighted by molar-refractivity contribution is 5.98. The van der Waals surface area contributed by atoms with Crippen LogP contribution < -0.4 is 0 Å². The van der Waals surface area contributed by atoms with Crippen LogP contribution in [-0.4, -0.2) is 19.6 Å². The Hall–Kier alpha value is -7.82. The molecule has 2 heterocycles. The van der Waals surface area contributed by atoms with E-state index in [9.17, 15) is 5.11 Å². The van der Waals surface area contributed by atoms with Gasteiger partial charge in [-0.3, -0.25) is 9.55 Å². The molecule has 10 rings (SSSR count). The van der Waals surface area contributed by atoms with E-state index < -0.39 is 6.85 Å². The Morgan fingerprint density at radius 3 is 1.73 bits per heavy atom. The van der Waals surface area contributed by atoms with Gasteiger partial charge >= 0.3 is 0 Å². The average molecular weight is 817 g/mol. The molecule has 0 saturated heterocycles. The molecule has 304 valence electrons. The molecule has 0 unspecified atom stereocenters. The molecule has 0 fully saturated rings. The standard InChI is InChI=1S/C59H47N3O/c1-39-33-52(44-21-12-7-13-22-44)55(38-51(39)43-19-10-6-11-20-43)62-54-25-16-24-49(57(54)61-58(62)50-23-14-15-26-56(50)63)46-34-47(36-48(35-46)59(2,3)4)53-37-45(31-32-60-53)42-29-27-41(28-30-42)40-17-8-5-9-18-40/h5-38,63H,1-4H3/i1D3. The lowest BCUT2D eigenvalue weighted by Crippen LogP contribution is -2.11. The molecule has 0 atom stereocenters. The molecule has 2 aromatic heterocycles. The number of fused-ring (bicyclic) bond motifs is 1. The Morgan fingerprint density at radius 2 is 1.06 bits per heavy atom. The number of rotatable bonds is 8. The summed E-state index contributed by atoms with van der Waals surface area (Å²) >= 11 is 0. The van der Waals surface area contributed by atoms with Crippen molar-refractivity contribution < 1.29 is 9.22 Å². The molecular weight excluding hydrogens is 767 g/mol. The Balaban J connectivity index is 1.20. The maximum absolute atomic E-state index is 11.5. The number of phenols is 1. The summed E-state index contributed by atoms with van der Waals surface area (Å²) in [6.07, 6.45) is 1.88. The van der Waals surface area contributed by atoms with Gasteiger partial charge in [0.25, 0.3) is 0 Å². The molecule has 0 bridgehead atoms. The number of pyridine rings is 1. The van der Waals surface area contributed by atoms with E-state index in [0.29, 0.717) is 17.0 Å². The van der Waals surface area contributed by atoms with E-state index in [0.717, 1.165) is 72.5 Å². The third kappa shape index (κ3) is 7.62. The summed E-state index contributed by atoms with van der Waals surface area (Å²) in [5.41, 5.74) is 15.2. The molecule has 4 nitrogen and oxygen atoms in total. The van der Waals surface area contributed by atoms with Gasteiger partial charge in [-0.25, -0.2) is 4.98 Å². The van der Waals surface area contributed by atoms with Crippen molar-refractivity contribution in [3.8, 4) is 89.7 Å². The van der Waals surface area contributed by atoms with Crippen LogP contribution >= 0.6 is 0 Å². The fraction of sp³-hybridized carbons (Fsp3) is 0.0847. The number of hydrogen-bond acceptors (Lipinski definition) is 3. The molecule has 8 aromatic carbocycles. The molecule has 0 amide bonds. The summed E-state index contributed by atoms with van der Waals surface area (Å²) < 4.78 is 28.3. The van der Waals surface area contributed by atoms with E-state index in [1.54, 1.807) is 12.1 Å².